The molecule has 5 heteroatoms. The fourth-order valence-electron chi connectivity index (χ4n) is 2.76. The van der Waals surface area contributed by atoms with Crippen LogP contribution in [0.1, 0.15) is 23.3 Å². The zero-order chi connectivity index (χ0) is 14.8. The molecular weight excluding hydrogens is 266 g/mol. The van der Waals surface area contributed by atoms with Crippen LogP contribution in [0.15, 0.2) is 30.3 Å². The Balaban J connectivity index is 1.96. The number of nitrogens with zero attached hydrogens (tertiary/aromatic N) is 3. The number of benzene rings is 1. The van der Waals surface area contributed by atoms with E-state index in [0.717, 1.165) is 42.9 Å². The van der Waals surface area contributed by atoms with E-state index in [1.807, 2.05) is 42.3 Å². The fourth-order valence-corrected chi connectivity index (χ4v) is 2.76. The summed E-state index contributed by atoms with van der Waals surface area (Å²) in [6, 6.07) is 9.60. The van der Waals surface area contributed by atoms with E-state index in [0.29, 0.717) is 5.69 Å². The van der Waals surface area contributed by atoms with Crippen molar-refractivity contribution in [3.63, 3.8) is 0 Å². The second-order valence-electron chi connectivity index (χ2n) is 5.24. The van der Waals surface area contributed by atoms with Crippen molar-refractivity contribution < 1.29 is 9.53 Å². The van der Waals surface area contributed by atoms with E-state index in [2.05, 4.69) is 5.10 Å². The van der Waals surface area contributed by atoms with Crippen molar-refractivity contribution >= 4 is 5.91 Å². The van der Waals surface area contributed by atoms with Crippen molar-refractivity contribution in [2.45, 2.75) is 12.8 Å². The van der Waals surface area contributed by atoms with Gasteiger partial charge in [-0.3, -0.25) is 9.48 Å². The Morgan fingerprint density at radius 2 is 1.95 bits per heavy atom. The molecular formula is C16H19N3O2. The van der Waals surface area contributed by atoms with E-state index in [9.17, 15) is 4.79 Å². The maximum Gasteiger partial charge on any atom is 0.274 e. The molecule has 0 radical (unpaired) electrons. The lowest BCUT2D eigenvalue weighted by Gasteiger charge is -2.12. The SMILES string of the molecule is COc1ccccc1-c1cc(C(=O)N2CCCC2)nn1C. The van der Waals surface area contributed by atoms with Gasteiger partial charge in [0.1, 0.15) is 5.75 Å². The van der Waals surface area contributed by atoms with Gasteiger partial charge in [-0.05, 0) is 31.0 Å². The molecule has 1 aliphatic heterocycles. The normalized spacial score (nSPS) is 14.5. The van der Waals surface area contributed by atoms with Crippen LogP contribution in [-0.4, -0.2) is 40.8 Å². The van der Waals surface area contributed by atoms with Gasteiger partial charge in [-0.2, -0.15) is 5.10 Å². The van der Waals surface area contributed by atoms with Crippen molar-refractivity contribution in [3.8, 4) is 17.0 Å². The molecule has 110 valence electrons. The summed E-state index contributed by atoms with van der Waals surface area (Å²) in [7, 11) is 3.49. The van der Waals surface area contributed by atoms with Crippen molar-refractivity contribution in [2.75, 3.05) is 20.2 Å². The average molecular weight is 285 g/mol. The molecule has 0 spiro atoms. The van der Waals surface area contributed by atoms with Gasteiger partial charge in [-0.25, -0.2) is 0 Å². The molecule has 5 nitrogen and oxygen atoms in total. The highest BCUT2D eigenvalue weighted by Crippen LogP contribution is 2.30. The number of likely N-dealkylation sites (tertiary alicyclic amines) is 1. The highest BCUT2D eigenvalue weighted by atomic mass is 16.5. The van der Waals surface area contributed by atoms with Crippen LogP contribution in [0.5, 0.6) is 5.75 Å². The topological polar surface area (TPSA) is 47.4 Å². The lowest BCUT2D eigenvalue weighted by molar-refractivity contribution is 0.0786. The number of hydrogen-bond donors (Lipinski definition) is 0. The van der Waals surface area contributed by atoms with Crippen LogP contribution in [0, 0.1) is 0 Å². The Morgan fingerprint density at radius 3 is 2.67 bits per heavy atom. The van der Waals surface area contributed by atoms with Crippen LogP contribution < -0.4 is 4.74 Å². The first-order valence-corrected chi connectivity index (χ1v) is 7.17. The van der Waals surface area contributed by atoms with Crippen LogP contribution in [0.25, 0.3) is 11.3 Å². The number of aryl methyl sites for hydroxylation is 1. The number of para-hydroxylation sites is 1. The number of methoxy groups -OCH3 is 1. The van der Waals surface area contributed by atoms with Crippen LogP contribution in [-0.2, 0) is 7.05 Å². The predicted octanol–water partition coefficient (Wildman–Crippen LogP) is 2.33. The number of hydrogen-bond acceptors (Lipinski definition) is 3. The Bertz CT molecular complexity index is 657. The van der Waals surface area contributed by atoms with Gasteiger partial charge in [0.25, 0.3) is 5.91 Å². The summed E-state index contributed by atoms with van der Waals surface area (Å²) in [6.45, 7) is 1.67. The molecule has 0 atom stereocenters. The predicted molar refractivity (Wildman–Crippen MR) is 80.3 cm³/mol. The molecule has 1 saturated heterocycles. The minimum Gasteiger partial charge on any atom is -0.496 e. The van der Waals surface area contributed by atoms with Gasteiger partial charge >= 0.3 is 0 Å². The number of carbonyl (C=O) groups is 1. The second-order valence-corrected chi connectivity index (χ2v) is 5.24. The maximum absolute atomic E-state index is 12.4. The highest BCUT2D eigenvalue weighted by molar-refractivity contribution is 5.93. The average Bonchev–Trinajstić information content (AvgIpc) is 3.16. The molecule has 0 unspecified atom stereocenters. The third kappa shape index (κ3) is 2.51. The monoisotopic (exact) mass is 285 g/mol. The molecule has 1 aromatic heterocycles. The Hall–Kier alpha value is -2.30. The minimum atomic E-state index is 0.0178. The standard InChI is InChI=1S/C16H19N3O2/c1-18-14(12-7-3-4-8-15(12)21-2)11-13(17-18)16(20)19-9-5-6-10-19/h3-4,7-8,11H,5-6,9-10H2,1-2H3. The summed E-state index contributed by atoms with van der Waals surface area (Å²) in [6.07, 6.45) is 2.16. The fraction of sp³-hybridized carbons (Fsp3) is 0.375. The van der Waals surface area contributed by atoms with E-state index in [4.69, 9.17) is 4.74 Å². The van der Waals surface area contributed by atoms with Crippen LogP contribution in [0.3, 0.4) is 0 Å². The third-order valence-electron chi connectivity index (χ3n) is 3.88. The van der Waals surface area contributed by atoms with Gasteiger partial charge in [0.15, 0.2) is 5.69 Å². The maximum atomic E-state index is 12.4. The van der Waals surface area contributed by atoms with E-state index < -0.39 is 0 Å². The molecule has 2 aromatic rings. The third-order valence-corrected chi connectivity index (χ3v) is 3.88. The quantitative estimate of drug-likeness (QED) is 0.869. The van der Waals surface area contributed by atoms with E-state index in [-0.39, 0.29) is 5.91 Å². The molecule has 2 heterocycles. The smallest absolute Gasteiger partial charge is 0.274 e. The van der Waals surface area contributed by atoms with E-state index in [1.54, 1.807) is 11.8 Å². The number of carbonyl (C=O) groups excluding carboxylic acids is 1. The van der Waals surface area contributed by atoms with Gasteiger partial charge in [0, 0.05) is 25.7 Å². The van der Waals surface area contributed by atoms with Crippen LogP contribution >= 0.6 is 0 Å². The second kappa shape index (κ2) is 5.60. The summed E-state index contributed by atoms with van der Waals surface area (Å²) in [5.41, 5.74) is 2.32. The Labute approximate surface area is 124 Å². The zero-order valence-electron chi connectivity index (χ0n) is 12.4. The number of ether oxygens (including phenoxy) is 1. The first-order valence-electron chi connectivity index (χ1n) is 7.17. The first kappa shape index (κ1) is 13.7. The Morgan fingerprint density at radius 1 is 1.24 bits per heavy atom. The van der Waals surface area contributed by atoms with Crippen LogP contribution in [0.4, 0.5) is 0 Å². The van der Waals surface area contributed by atoms with Gasteiger partial charge < -0.3 is 9.64 Å². The molecule has 3 rings (SSSR count). The molecule has 1 aromatic carbocycles. The molecule has 0 saturated carbocycles. The van der Waals surface area contributed by atoms with Crippen LogP contribution in [0.2, 0.25) is 0 Å². The van der Waals surface area contributed by atoms with Gasteiger partial charge in [0.05, 0.1) is 12.8 Å². The molecule has 1 fully saturated rings. The molecule has 0 N–H and O–H groups in total. The number of amides is 1. The summed E-state index contributed by atoms with van der Waals surface area (Å²) >= 11 is 0. The van der Waals surface area contributed by atoms with E-state index in [1.165, 1.54) is 0 Å². The highest BCUT2D eigenvalue weighted by Gasteiger charge is 2.23. The molecule has 21 heavy (non-hydrogen) atoms. The van der Waals surface area contributed by atoms with Crippen molar-refractivity contribution in [1.82, 2.24) is 14.7 Å². The van der Waals surface area contributed by atoms with Crippen molar-refractivity contribution in [2.24, 2.45) is 7.05 Å². The Kier molecular flexibility index (Phi) is 3.64. The van der Waals surface area contributed by atoms with Gasteiger partial charge in [-0.1, -0.05) is 12.1 Å². The van der Waals surface area contributed by atoms with Crippen molar-refractivity contribution in [3.05, 3.63) is 36.0 Å². The van der Waals surface area contributed by atoms with Crippen molar-refractivity contribution in [1.29, 1.82) is 0 Å². The largest absolute Gasteiger partial charge is 0.496 e. The first-order chi connectivity index (χ1) is 10.2. The minimum absolute atomic E-state index is 0.0178. The molecule has 0 aliphatic carbocycles. The summed E-state index contributed by atoms with van der Waals surface area (Å²) in [5, 5.41) is 4.38. The zero-order valence-corrected chi connectivity index (χ0v) is 12.4. The number of aromatic nitrogens is 2. The summed E-state index contributed by atoms with van der Waals surface area (Å²) in [4.78, 5) is 14.3. The summed E-state index contributed by atoms with van der Waals surface area (Å²) < 4.78 is 7.13. The molecule has 1 amide bonds. The number of rotatable bonds is 3. The lowest BCUT2D eigenvalue weighted by Crippen LogP contribution is -2.28. The lowest BCUT2D eigenvalue weighted by atomic mass is 10.1. The van der Waals surface area contributed by atoms with E-state index >= 15 is 0 Å². The molecule has 1 aliphatic rings. The summed E-state index contributed by atoms with van der Waals surface area (Å²) in [5.74, 6) is 0.796. The van der Waals surface area contributed by atoms with Gasteiger partial charge in [-0.15, -0.1) is 0 Å². The molecule has 0 bridgehead atoms. The van der Waals surface area contributed by atoms with Gasteiger partial charge in [0.2, 0.25) is 0 Å².